The van der Waals surface area contributed by atoms with Crippen molar-refractivity contribution < 1.29 is 4.79 Å². The Morgan fingerprint density at radius 1 is 1.71 bits per heavy atom. The number of nitrogens with zero attached hydrogens (tertiary/aromatic N) is 1. The van der Waals surface area contributed by atoms with Crippen LogP contribution in [-0.2, 0) is 0 Å². The Hall–Kier alpha value is -1.07. The van der Waals surface area contributed by atoms with Gasteiger partial charge in [0.15, 0.2) is 0 Å². The summed E-state index contributed by atoms with van der Waals surface area (Å²) in [6.45, 7) is 6.27. The predicted molar refractivity (Wildman–Crippen MR) is 71.3 cm³/mol. The Kier molecular flexibility index (Phi) is 4.02. The molecule has 1 unspecified atom stereocenters. The van der Waals surface area contributed by atoms with Gasteiger partial charge in [0.25, 0.3) is 5.91 Å². The number of nitrogen functional groups attached to an aromatic ring is 1. The molecule has 1 aromatic heterocycles. The number of rotatable bonds is 4. The molecule has 1 aromatic rings. The van der Waals surface area contributed by atoms with Crippen molar-refractivity contribution >= 4 is 22.9 Å². The van der Waals surface area contributed by atoms with Gasteiger partial charge in [0.2, 0.25) is 0 Å². The molecule has 0 saturated carbocycles. The number of anilines is 1. The monoisotopic (exact) mass is 253 g/mol. The van der Waals surface area contributed by atoms with E-state index in [1.165, 1.54) is 17.8 Å². The second kappa shape index (κ2) is 5.51. The summed E-state index contributed by atoms with van der Waals surface area (Å²) in [6.07, 6.45) is 1.17. The molecule has 0 spiro atoms. The molecule has 1 atom stereocenters. The Labute approximate surface area is 106 Å². The van der Waals surface area contributed by atoms with Gasteiger partial charge in [0, 0.05) is 13.1 Å². The number of carbonyl (C=O) groups is 1. The summed E-state index contributed by atoms with van der Waals surface area (Å²) in [4.78, 5) is 14.9. The quantitative estimate of drug-likeness (QED) is 0.853. The minimum absolute atomic E-state index is 0.0348. The van der Waals surface area contributed by atoms with Gasteiger partial charge < -0.3 is 16.0 Å². The first-order valence-corrected chi connectivity index (χ1v) is 6.92. The SMILES string of the molecule is CCN1CCC(CNC(=O)c2sccc2N)C1. The molecule has 5 heteroatoms. The third-order valence-electron chi connectivity index (χ3n) is 3.27. The van der Waals surface area contributed by atoms with Gasteiger partial charge in [-0.2, -0.15) is 0 Å². The van der Waals surface area contributed by atoms with Crippen LogP contribution in [0.15, 0.2) is 11.4 Å². The van der Waals surface area contributed by atoms with Gasteiger partial charge in [-0.05, 0) is 36.9 Å². The van der Waals surface area contributed by atoms with Gasteiger partial charge in [-0.25, -0.2) is 0 Å². The fourth-order valence-electron chi connectivity index (χ4n) is 2.19. The average Bonchev–Trinajstić information content (AvgIpc) is 2.94. The van der Waals surface area contributed by atoms with E-state index in [2.05, 4.69) is 17.1 Å². The molecule has 1 aliphatic heterocycles. The van der Waals surface area contributed by atoms with E-state index in [0.717, 1.165) is 26.2 Å². The summed E-state index contributed by atoms with van der Waals surface area (Å²) in [7, 11) is 0. The van der Waals surface area contributed by atoms with E-state index in [1.54, 1.807) is 6.07 Å². The summed E-state index contributed by atoms with van der Waals surface area (Å²) < 4.78 is 0. The van der Waals surface area contributed by atoms with Crippen molar-refractivity contribution in [3.05, 3.63) is 16.3 Å². The number of hydrogen-bond donors (Lipinski definition) is 2. The first-order valence-electron chi connectivity index (χ1n) is 6.04. The van der Waals surface area contributed by atoms with Crippen molar-refractivity contribution in [3.8, 4) is 0 Å². The lowest BCUT2D eigenvalue weighted by molar-refractivity contribution is 0.0952. The highest BCUT2D eigenvalue weighted by atomic mass is 32.1. The second-order valence-electron chi connectivity index (χ2n) is 4.46. The van der Waals surface area contributed by atoms with Crippen molar-refractivity contribution in [1.82, 2.24) is 10.2 Å². The minimum Gasteiger partial charge on any atom is -0.397 e. The van der Waals surface area contributed by atoms with Gasteiger partial charge in [-0.1, -0.05) is 6.92 Å². The first kappa shape index (κ1) is 12.4. The van der Waals surface area contributed by atoms with E-state index in [0.29, 0.717) is 16.5 Å². The van der Waals surface area contributed by atoms with E-state index in [9.17, 15) is 4.79 Å². The number of nitrogens with one attached hydrogen (secondary N) is 1. The van der Waals surface area contributed by atoms with Crippen molar-refractivity contribution in [2.45, 2.75) is 13.3 Å². The summed E-state index contributed by atoms with van der Waals surface area (Å²) in [5.74, 6) is 0.549. The van der Waals surface area contributed by atoms with Gasteiger partial charge in [-0.15, -0.1) is 11.3 Å². The minimum atomic E-state index is -0.0348. The number of nitrogens with two attached hydrogens (primary N) is 1. The maximum Gasteiger partial charge on any atom is 0.263 e. The van der Waals surface area contributed by atoms with Gasteiger partial charge >= 0.3 is 0 Å². The summed E-state index contributed by atoms with van der Waals surface area (Å²) in [5.41, 5.74) is 6.29. The largest absolute Gasteiger partial charge is 0.397 e. The van der Waals surface area contributed by atoms with E-state index < -0.39 is 0 Å². The van der Waals surface area contributed by atoms with Crippen molar-refractivity contribution in [1.29, 1.82) is 0 Å². The number of amides is 1. The third-order valence-corrected chi connectivity index (χ3v) is 4.20. The Bertz CT molecular complexity index is 391. The first-order chi connectivity index (χ1) is 8.20. The van der Waals surface area contributed by atoms with E-state index in [-0.39, 0.29) is 5.91 Å². The van der Waals surface area contributed by atoms with Crippen LogP contribution in [0.4, 0.5) is 5.69 Å². The van der Waals surface area contributed by atoms with Crippen molar-refractivity contribution in [2.75, 3.05) is 31.9 Å². The zero-order valence-corrected chi connectivity index (χ0v) is 10.9. The lowest BCUT2D eigenvalue weighted by atomic mass is 10.1. The van der Waals surface area contributed by atoms with Crippen LogP contribution in [0.25, 0.3) is 0 Å². The van der Waals surface area contributed by atoms with Crippen LogP contribution in [0, 0.1) is 5.92 Å². The van der Waals surface area contributed by atoms with Gasteiger partial charge in [0.05, 0.1) is 5.69 Å². The Morgan fingerprint density at radius 3 is 3.12 bits per heavy atom. The molecule has 94 valence electrons. The molecule has 2 heterocycles. The molecule has 0 radical (unpaired) electrons. The molecular weight excluding hydrogens is 234 g/mol. The molecule has 2 rings (SSSR count). The van der Waals surface area contributed by atoms with Crippen LogP contribution in [0.1, 0.15) is 23.0 Å². The van der Waals surface area contributed by atoms with Crippen LogP contribution < -0.4 is 11.1 Å². The van der Waals surface area contributed by atoms with Crippen LogP contribution in [0.5, 0.6) is 0 Å². The molecule has 0 aliphatic carbocycles. The van der Waals surface area contributed by atoms with Crippen molar-refractivity contribution in [3.63, 3.8) is 0 Å². The van der Waals surface area contributed by atoms with Gasteiger partial charge in [0.1, 0.15) is 4.88 Å². The zero-order chi connectivity index (χ0) is 12.3. The number of hydrogen-bond acceptors (Lipinski definition) is 4. The lowest BCUT2D eigenvalue weighted by Crippen LogP contribution is -2.30. The lowest BCUT2D eigenvalue weighted by Gasteiger charge is -2.13. The highest BCUT2D eigenvalue weighted by Crippen LogP contribution is 2.19. The van der Waals surface area contributed by atoms with E-state index in [4.69, 9.17) is 5.73 Å². The second-order valence-corrected chi connectivity index (χ2v) is 5.38. The van der Waals surface area contributed by atoms with E-state index >= 15 is 0 Å². The average molecular weight is 253 g/mol. The maximum atomic E-state index is 11.8. The number of likely N-dealkylation sites (tertiary alicyclic amines) is 1. The molecule has 1 aliphatic rings. The molecule has 1 amide bonds. The standard InChI is InChI=1S/C12H19N3OS/c1-2-15-5-3-9(8-15)7-14-12(16)11-10(13)4-6-17-11/h4,6,9H,2-3,5,7-8,13H2,1H3,(H,14,16). The molecule has 0 aromatic carbocycles. The molecule has 1 saturated heterocycles. The van der Waals surface area contributed by atoms with Crippen LogP contribution in [0.3, 0.4) is 0 Å². The summed E-state index contributed by atoms with van der Waals surface area (Å²) in [5, 5.41) is 4.82. The smallest absolute Gasteiger partial charge is 0.263 e. The van der Waals surface area contributed by atoms with Crippen LogP contribution >= 0.6 is 11.3 Å². The normalized spacial score (nSPS) is 20.6. The fraction of sp³-hybridized carbons (Fsp3) is 0.583. The topological polar surface area (TPSA) is 58.4 Å². The third kappa shape index (κ3) is 2.98. The van der Waals surface area contributed by atoms with Crippen LogP contribution in [-0.4, -0.2) is 37.0 Å². The molecule has 3 N–H and O–H groups in total. The number of thiophene rings is 1. The Morgan fingerprint density at radius 2 is 2.53 bits per heavy atom. The Balaban J connectivity index is 1.79. The molecule has 1 fully saturated rings. The fourth-order valence-corrected chi connectivity index (χ4v) is 2.92. The van der Waals surface area contributed by atoms with E-state index in [1.807, 2.05) is 5.38 Å². The van der Waals surface area contributed by atoms with Crippen molar-refractivity contribution in [2.24, 2.45) is 5.92 Å². The molecule has 4 nitrogen and oxygen atoms in total. The summed E-state index contributed by atoms with van der Waals surface area (Å²) in [6, 6.07) is 1.77. The molecule has 0 bridgehead atoms. The zero-order valence-electron chi connectivity index (χ0n) is 10.1. The highest BCUT2D eigenvalue weighted by molar-refractivity contribution is 7.12. The molecular formula is C12H19N3OS. The molecule has 17 heavy (non-hydrogen) atoms. The van der Waals surface area contributed by atoms with Crippen LogP contribution in [0.2, 0.25) is 0 Å². The maximum absolute atomic E-state index is 11.8. The predicted octanol–water partition coefficient (Wildman–Crippen LogP) is 1.40. The number of carbonyl (C=O) groups excluding carboxylic acids is 1. The highest BCUT2D eigenvalue weighted by Gasteiger charge is 2.22. The summed E-state index contributed by atoms with van der Waals surface area (Å²) >= 11 is 1.40. The van der Waals surface area contributed by atoms with Gasteiger partial charge in [-0.3, -0.25) is 4.79 Å².